The zero-order valence-corrected chi connectivity index (χ0v) is 16.9. The molecule has 0 heterocycles. The van der Waals surface area contributed by atoms with E-state index in [0.29, 0.717) is 12.2 Å². The number of hydrogen-bond acceptors (Lipinski definition) is 7. The Morgan fingerprint density at radius 3 is 2.08 bits per heavy atom. The van der Waals surface area contributed by atoms with Crippen LogP contribution >= 0.6 is 24.4 Å². The fraction of sp³-hybridized carbons (Fsp3) is 0.733. The van der Waals surface area contributed by atoms with Gasteiger partial charge in [-0.3, -0.25) is 14.4 Å². The third-order valence-electron chi connectivity index (χ3n) is 3.49. The standard InChI is InChI=1S/C15H28N4O5S2/c1-8(2)12(15(23)24)19-14(22)10(7-25)18-13(21)9(4-5-26-3)17-11(20)6-16/h8-10,12,25H,4-7,16H2,1-3H3,(H,17,20)(H,18,21)(H,19,22)(H,23,24). The van der Waals surface area contributed by atoms with E-state index >= 15 is 0 Å². The van der Waals surface area contributed by atoms with E-state index in [1.807, 2.05) is 6.26 Å². The molecule has 0 aromatic carbocycles. The Bertz CT molecular complexity index is 504. The van der Waals surface area contributed by atoms with Crippen LogP contribution in [-0.2, 0) is 19.2 Å². The van der Waals surface area contributed by atoms with Crippen LogP contribution < -0.4 is 21.7 Å². The average molecular weight is 409 g/mol. The van der Waals surface area contributed by atoms with Gasteiger partial charge in [-0.15, -0.1) is 0 Å². The Kier molecular flexibility index (Phi) is 12.1. The lowest BCUT2D eigenvalue weighted by Gasteiger charge is -2.24. The van der Waals surface area contributed by atoms with Crippen LogP contribution in [0.1, 0.15) is 20.3 Å². The van der Waals surface area contributed by atoms with Gasteiger partial charge in [0.05, 0.1) is 6.54 Å². The molecule has 0 bridgehead atoms. The third-order valence-corrected chi connectivity index (χ3v) is 4.50. The maximum atomic E-state index is 12.4. The van der Waals surface area contributed by atoms with Crippen molar-refractivity contribution in [3.63, 3.8) is 0 Å². The number of amides is 3. The minimum Gasteiger partial charge on any atom is -0.480 e. The molecular formula is C15H28N4O5S2. The van der Waals surface area contributed by atoms with E-state index < -0.39 is 41.8 Å². The van der Waals surface area contributed by atoms with E-state index in [-0.39, 0.29) is 18.2 Å². The predicted octanol–water partition coefficient (Wildman–Crippen LogP) is -1.18. The predicted molar refractivity (Wildman–Crippen MR) is 104 cm³/mol. The molecule has 0 aromatic rings. The number of nitrogens with one attached hydrogen (secondary N) is 3. The minimum atomic E-state index is -1.16. The molecule has 0 spiro atoms. The largest absolute Gasteiger partial charge is 0.480 e. The Morgan fingerprint density at radius 2 is 1.65 bits per heavy atom. The highest BCUT2D eigenvalue weighted by atomic mass is 32.2. The highest BCUT2D eigenvalue weighted by Gasteiger charge is 2.29. The Labute approximate surface area is 163 Å². The van der Waals surface area contributed by atoms with Crippen LogP contribution in [-0.4, -0.2) is 71.2 Å². The zero-order valence-electron chi connectivity index (χ0n) is 15.2. The van der Waals surface area contributed by atoms with Gasteiger partial charge >= 0.3 is 5.97 Å². The number of rotatable bonds is 12. The van der Waals surface area contributed by atoms with Gasteiger partial charge in [-0.1, -0.05) is 13.8 Å². The molecule has 0 aliphatic carbocycles. The molecule has 3 unspecified atom stereocenters. The minimum absolute atomic E-state index is 0.0257. The summed E-state index contributed by atoms with van der Waals surface area (Å²) in [7, 11) is 0. The van der Waals surface area contributed by atoms with Crippen molar-refractivity contribution in [1.29, 1.82) is 0 Å². The first-order chi connectivity index (χ1) is 12.2. The van der Waals surface area contributed by atoms with E-state index in [2.05, 4.69) is 28.6 Å². The van der Waals surface area contributed by atoms with Crippen molar-refractivity contribution < 1.29 is 24.3 Å². The van der Waals surface area contributed by atoms with Crippen LogP contribution in [0.4, 0.5) is 0 Å². The zero-order chi connectivity index (χ0) is 20.3. The molecule has 0 fully saturated rings. The van der Waals surface area contributed by atoms with Gasteiger partial charge in [0.2, 0.25) is 17.7 Å². The SMILES string of the molecule is CSCCC(NC(=O)CN)C(=O)NC(CS)C(=O)NC(C(=O)O)C(C)C. The van der Waals surface area contributed by atoms with Crippen molar-refractivity contribution in [2.75, 3.05) is 24.3 Å². The van der Waals surface area contributed by atoms with Gasteiger partial charge in [-0.25, -0.2) is 4.79 Å². The summed E-state index contributed by atoms with van der Waals surface area (Å²) < 4.78 is 0. The topological polar surface area (TPSA) is 151 Å². The maximum absolute atomic E-state index is 12.4. The average Bonchev–Trinajstić information content (AvgIpc) is 2.59. The Balaban J connectivity index is 5.01. The first-order valence-corrected chi connectivity index (χ1v) is 10.1. The number of aliphatic carboxylic acids is 1. The van der Waals surface area contributed by atoms with Gasteiger partial charge in [0, 0.05) is 5.75 Å². The van der Waals surface area contributed by atoms with Crippen LogP contribution in [0.15, 0.2) is 0 Å². The molecular weight excluding hydrogens is 380 g/mol. The van der Waals surface area contributed by atoms with E-state index in [0.717, 1.165) is 0 Å². The van der Waals surface area contributed by atoms with E-state index in [9.17, 15) is 19.2 Å². The van der Waals surface area contributed by atoms with Gasteiger partial charge in [-0.2, -0.15) is 24.4 Å². The summed E-state index contributed by atoms with van der Waals surface area (Å²) in [6.07, 6.45) is 2.23. The maximum Gasteiger partial charge on any atom is 0.326 e. The third kappa shape index (κ3) is 8.77. The van der Waals surface area contributed by atoms with Gasteiger partial charge in [-0.05, 0) is 24.3 Å². The summed E-state index contributed by atoms with van der Waals surface area (Å²) in [5.74, 6) is -2.58. The molecule has 0 aliphatic heterocycles. The van der Waals surface area contributed by atoms with Crippen molar-refractivity contribution in [3.8, 4) is 0 Å². The van der Waals surface area contributed by atoms with Crippen LogP contribution in [0, 0.1) is 5.92 Å². The van der Waals surface area contributed by atoms with E-state index in [1.54, 1.807) is 13.8 Å². The molecule has 0 aromatic heterocycles. The summed E-state index contributed by atoms with van der Waals surface area (Å²) in [5.41, 5.74) is 5.26. The Hall–Kier alpha value is -1.46. The lowest BCUT2D eigenvalue weighted by Crippen LogP contribution is -2.57. The summed E-state index contributed by atoms with van der Waals surface area (Å²) in [6, 6.07) is -2.95. The van der Waals surface area contributed by atoms with Gasteiger partial charge in [0.25, 0.3) is 0 Å². The first kappa shape index (κ1) is 24.5. The molecule has 26 heavy (non-hydrogen) atoms. The molecule has 0 saturated carbocycles. The lowest BCUT2D eigenvalue weighted by atomic mass is 10.0. The number of carboxylic acids is 1. The van der Waals surface area contributed by atoms with E-state index in [1.165, 1.54) is 11.8 Å². The molecule has 6 N–H and O–H groups in total. The molecule has 0 radical (unpaired) electrons. The summed E-state index contributed by atoms with van der Waals surface area (Å²) in [4.78, 5) is 47.4. The fourth-order valence-corrected chi connectivity index (χ4v) is 2.72. The van der Waals surface area contributed by atoms with E-state index in [4.69, 9.17) is 10.8 Å². The second-order valence-electron chi connectivity index (χ2n) is 5.92. The second-order valence-corrected chi connectivity index (χ2v) is 7.27. The first-order valence-electron chi connectivity index (χ1n) is 8.10. The molecule has 3 atom stereocenters. The van der Waals surface area contributed by atoms with Crippen molar-refractivity contribution in [2.24, 2.45) is 11.7 Å². The number of carbonyl (C=O) groups is 4. The van der Waals surface area contributed by atoms with Crippen molar-refractivity contribution in [2.45, 2.75) is 38.4 Å². The highest BCUT2D eigenvalue weighted by molar-refractivity contribution is 7.98. The van der Waals surface area contributed by atoms with Gasteiger partial charge in [0.15, 0.2) is 0 Å². The summed E-state index contributed by atoms with van der Waals surface area (Å²) in [5, 5.41) is 16.6. The molecule has 11 heteroatoms. The van der Waals surface area contributed by atoms with Crippen molar-refractivity contribution in [1.82, 2.24) is 16.0 Å². The van der Waals surface area contributed by atoms with Crippen LogP contribution in [0.3, 0.4) is 0 Å². The monoisotopic (exact) mass is 408 g/mol. The highest BCUT2D eigenvalue weighted by Crippen LogP contribution is 2.05. The molecule has 0 saturated heterocycles. The summed E-state index contributed by atoms with van der Waals surface area (Å²) in [6.45, 7) is 3.07. The molecule has 3 amide bonds. The Morgan fingerprint density at radius 1 is 1.08 bits per heavy atom. The van der Waals surface area contributed by atoms with Crippen LogP contribution in [0.5, 0.6) is 0 Å². The number of hydrogen-bond donors (Lipinski definition) is 6. The lowest BCUT2D eigenvalue weighted by molar-refractivity contribution is -0.143. The molecule has 9 nitrogen and oxygen atoms in total. The van der Waals surface area contributed by atoms with Crippen LogP contribution in [0.25, 0.3) is 0 Å². The van der Waals surface area contributed by atoms with Crippen molar-refractivity contribution >= 4 is 48.1 Å². The number of thiol groups is 1. The number of carbonyl (C=O) groups excluding carboxylic acids is 3. The smallest absolute Gasteiger partial charge is 0.326 e. The quantitative estimate of drug-likeness (QED) is 0.223. The number of thioether (sulfide) groups is 1. The second kappa shape index (κ2) is 12.8. The fourth-order valence-electron chi connectivity index (χ4n) is 1.99. The van der Waals surface area contributed by atoms with Gasteiger partial charge < -0.3 is 26.8 Å². The molecule has 0 rings (SSSR count). The normalized spacial score (nSPS) is 14.2. The van der Waals surface area contributed by atoms with Crippen LogP contribution in [0.2, 0.25) is 0 Å². The number of carboxylic acid groups (broad SMARTS) is 1. The van der Waals surface area contributed by atoms with Gasteiger partial charge in [0.1, 0.15) is 18.1 Å². The van der Waals surface area contributed by atoms with Crippen molar-refractivity contribution in [3.05, 3.63) is 0 Å². The summed E-state index contributed by atoms with van der Waals surface area (Å²) >= 11 is 5.55. The number of nitrogens with two attached hydrogens (primary N) is 1. The molecule has 0 aliphatic rings. The molecule has 150 valence electrons.